The first-order chi connectivity index (χ1) is 9.77. The van der Waals surface area contributed by atoms with Crippen molar-refractivity contribution >= 4 is 15.7 Å². The number of nitrogens with two attached hydrogens (primary N) is 1. The van der Waals surface area contributed by atoms with Crippen molar-refractivity contribution < 1.29 is 13.2 Å². The normalized spacial score (nSPS) is 24.2. The van der Waals surface area contributed by atoms with Gasteiger partial charge in [0.05, 0.1) is 11.0 Å². The van der Waals surface area contributed by atoms with Crippen LogP contribution in [-0.2, 0) is 14.8 Å². The molecule has 21 heavy (non-hydrogen) atoms. The number of nitrogen functional groups attached to an aromatic ring is 1. The summed E-state index contributed by atoms with van der Waals surface area (Å²) in [6.45, 7) is 6.61. The summed E-state index contributed by atoms with van der Waals surface area (Å²) in [6.07, 6.45) is 0.757. The molecule has 0 saturated carbocycles. The number of hydrogen-bond acceptors (Lipinski definition) is 4. The molecule has 1 aromatic rings. The molecule has 2 atom stereocenters. The average Bonchev–Trinajstić information content (AvgIpc) is 2.37. The third-order valence-electron chi connectivity index (χ3n) is 4.24. The Morgan fingerprint density at radius 1 is 1.29 bits per heavy atom. The number of piperidine rings is 1. The fourth-order valence-corrected chi connectivity index (χ4v) is 4.93. The first kappa shape index (κ1) is 16.3. The summed E-state index contributed by atoms with van der Waals surface area (Å²) in [7, 11) is -1.87. The number of hydrogen-bond donors (Lipinski definition) is 1. The van der Waals surface area contributed by atoms with Gasteiger partial charge in [-0.3, -0.25) is 0 Å². The summed E-state index contributed by atoms with van der Waals surface area (Å²) in [4.78, 5) is 0.376. The van der Waals surface area contributed by atoms with E-state index in [2.05, 4.69) is 6.92 Å². The second kappa shape index (κ2) is 5.94. The van der Waals surface area contributed by atoms with E-state index in [9.17, 15) is 8.42 Å². The lowest BCUT2D eigenvalue weighted by molar-refractivity contribution is 0.0183. The van der Waals surface area contributed by atoms with E-state index in [0.29, 0.717) is 40.7 Å². The fraction of sp³-hybridized carbons (Fsp3) is 0.600. The highest BCUT2D eigenvalue weighted by molar-refractivity contribution is 7.89. The predicted octanol–water partition coefficient (Wildman–Crippen LogP) is 1.93. The van der Waals surface area contributed by atoms with Crippen LogP contribution in [0.5, 0.6) is 0 Å². The highest BCUT2D eigenvalue weighted by Crippen LogP contribution is 2.29. The third-order valence-corrected chi connectivity index (χ3v) is 6.41. The Kier molecular flexibility index (Phi) is 4.60. The molecule has 2 unspecified atom stereocenters. The third kappa shape index (κ3) is 3.07. The molecule has 2 rings (SSSR count). The van der Waals surface area contributed by atoms with Crippen molar-refractivity contribution in [1.82, 2.24) is 4.31 Å². The minimum absolute atomic E-state index is 0.0529. The molecule has 0 radical (unpaired) electrons. The summed E-state index contributed by atoms with van der Waals surface area (Å²) in [5.41, 5.74) is 7.76. The lowest BCUT2D eigenvalue weighted by atomic mass is 9.97. The van der Waals surface area contributed by atoms with Gasteiger partial charge >= 0.3 is 0 Å². The van der Waals surface area contributed by atoms with E-state index < -0.39 is 10.0 Å². The maximum Gasteiger partial charge on any atom is 0.243 e. The van der Waals surface area contributed by atoms with Crippen LogP contribution in [0.4, 0.5) is 5.69 Å². The lowest BCUT2D eigenvalue weighted by Crippen LogP contribution is -2.46. The van der Waals surface area contributed by atoms with Gasteiger partial charge < -0.3 is 10.5 Å². The van der Waals surface area contributed by atoms with Crippen LogP contribution in [0.1, 0.15) is 24.5 Å². The Morgan fingerprint density at radius 3 is 2.38 bits per heavy atom. The second-order valence-corrected chi connectivity index (χ2v) is 7.76. The molecular formula is C15H24N2O3S. The lowest BCUT2D eigenvalue weighted by Gasteiger charge is -2.35. The number of rotatable bonds is 3. The molecule has 0 amide bonds. The minimum Gasteiger partial charge on any atom is -0.399 e. The van der Waals surface area contributed by atoms with Crippen LogP contribution < -0.4 is 5.73 Å². The van der Waals surface area contributed by atoms with Gasteiger partial charge in [0.25, 0.3) is 0 Å². The van der Waals surface area contributed by atoms with E-state index in [1.165, 1.54) is 4.31 Å². The molecule has 2 N–H and O–H groups in total. The maximum atomic E-state index is 12.9. The summed E-state index contributed by atoms with van der Waals surface area (Å²) in [5, 5.41) is 0. The molecule has 1 fully saturated rings. The van der Waals surface area contributed by atoms with Crippen molar-refractivity contribution in [2.24, 2.45) is 5.92 Å². The van der Waals surface area contributed by atoms with E-state index in [1.54, 1.807) is 33.1 Å². The second-order valence-electron chi connectivity index (χ2n) is 5.89. The fourth-order valence-electron chi connectivity index (χ4n) is 3.05. The monoisotopic (exact) mass is 312 g/mol. The van der Waals surface area contributed by atoms with Gasteiger partial charge in [0.1, 0.15) is 0 Å². The van der Waals surface area contributed by atoms with E-state index >= 15 is 0 Å². The van der Waals surface area contributed by atoms with E-state index in [-0.39, 0.29) is 6.10 Å². The zero-order valence-electron chi connectivity index (χ0n) is 13.1. The first-order valence-electron chi connectivity index (χ1n) is 7.17. The summed E-state index contributed by atoms with van der Waals surface area (Å²) >= 11 is 0. The molecule has 5 nitrogen and oxygen atoms in total. The molecule has 1 aliphatic heterocycles. The van der Waals surface area contributed by atoms with Crippen LogP contribution in [0.3, 0.4) is 0 Å². The van der Waals surface area contributed by atoms with Gasteiger partial charge in [0.2, 0.25) is 10.0 Å². The number of nitrogens with zero attached hydrogens (tertiary/aromatic N) is 1. The largest absolute Gasteiger partial charge is 0.399 e. The van der Waals surface area contributed by atoms with Crippen molar-refractivity contribution in [3.05, 3.63) is 23.3 Å². The highest BCUT2D eigenvalue weighted by Gasteiger charge is 2.35. The molecule has 6 heteroatoms. The number of sulfonamides is 1. The van der Waals surface area contributed by atoms with Crippen LogP contribution in [0.25, 0.3) is 0 Å². The maximum absolute atomic E-state index is 12.9. The molecule has 0 aliphatic carbocycles. The van der Waals surface area contributed by atoms with Gasteiger partial charge in [0, 0.05) is 25.9 Å². The standard InChI is InChI=1S/C15H24N2O3S/c1-10-5-6-17(9-14(10)20-4)21(18,19)15-11(2)7-13(16)8-12(15)3/h7-8,10,14H,5-6,9,16H2,1-4H3. The van der Waals surface area contributed by atoms with E-state index in [0.717, 1.165) is 6.42 Å². The number of benzene rings is 1. The quantitative estimate of drug-likeness (QED) is 0.866. The van der Waals surface area contributed by atoms with Gasteiger partial charge in [-0.05, 0) is 49.4 Å². The number of anilines is 1. The Bertz CT molecular complexity index is 605. The minimum atomic E-state index is -3.51. The molecule has 1 aliphatic rings. The topological polar surface area (TPSA) is 72.6 Å². The Hall–Kier alpha value is -1.11. The van der Waals surface area contributed by atoms with Crippen LogP contribution in [0, 0.1) is 19.8 Å². The van der Waals surface area contributed by atoms with Crippen molar-refractivity contribution in [2.75, 3.05) is 25.9 Å². The average molecular weight is 312 g/mol. The van der Waals surface area contributed by atoms with Crippen molar-refractivity contribution in [1.29, 1.82) is 0 Å². The first-order valence-corrected chi connectivity index (χ1v) is 8.61. The van der Waals surface area contributed by atoms with E-state index in [4.69, 9.17) is 10.5 Å². The van der Waals surface area contributed by atoms with E-state index in [1.807, 2.05) is 0 Å². The van der Waals surface area contributed by atoms with Gasteiger partial charge in [-0.15, -0.1) is 0 Å². The van der Waals surface area contributed by atoms with Crippen molar-refractivity contribution in [2.45, 2.75) is 38.2 Å². The predicted molar refractivity (Wildman–Crippen MR) is 83.7 cm³/mol. The SMILES string of the molecule is COC1CN(S(=O)(=O)c2c(C)cc(N)cc2C)CCC1C. The van der Waals surface area contributed by atoms with Crippen LogP contribution in [0.2, 0.25) is 0 Å². The van der Waals surface area contributed by atoms with Crippen LogP contribution in [-0.4, -0.2) is 39.0 Å². The summed E-state index contributed by atoms with van der Waals surface area (Å²) in [6, 6.07) is 3.42. The summed E-state index contributed by atoms with van der Waals surface area (Å²) in [5.74, 6) is 0.370. The molecule has 1 saturated heterocycles. The number of methoxy groups -OCH3 is 1. The van der Waals surface area contributed by atoms with Crippen LogP contribution in [0.15, 0.2) is 17.0 Å². The summed E-state index contributed by atoms with van der Waals surface area (Å²) < 4.78 is 32.8. The molecule has 118 valence electrons. The van der Waals surface area contributed by atoms with Gasteiger partial charge in [-0.1, -0.05) is 6.92 Å². The van der Waals surface area contributed by atoms with Crippen molar-refractivity contribution in [3.8, 4) is 0 Å². The van der Waals surface area contributed by atoms with Gasteiger partial charge in [0.15, 0.2) is 0 Å². The molecule has 0 spiro atoms. The molecule has 1 aromatic carbocycles. The Labute approximate surface area is 127 Å². The molecule has 0 aromatic heterocycles. The number of ether oxygens (including phenoxy) is 1. The smallest absolute Gasteiger partial charge is 0.243 e. The highest BCUT2D eigenvalue weighted by atomic mass is 32.2. The Balaban J connectivity index is 2.39. The van der Waals surface area contributed by atoms with Crippen molar-refractivity contribution in [3.63, 3.8) is 0 Å². The zero-order chi connectivity index (χ0) is 15.8. The van der Waals surface area contributed by atoms with Gasteiger partial charge in [-0.25, -0.2) is 8.42 Å². The van der Waals surface area contributed by atoms with Gasteiger partial charge in [-0.2, -0.15) is 4.31 Å². The Morgan fingerprint density at radius 2 is 1.86 bits per heavy atom. The van der Waals surface area contributed by atoms with Crippen LogP contribution >= 0.6 is 0 Å². The number of aryl methyl sites for hydroxylation is 2. The molecule has 1 heterocycles. The molecule has 0 bridgehead atoms. The molecular weight excluding hydrogens is 288 g/mol. The zero-order valence-corrected chi connectivity index (χ0v) is 13.9.